The van der Waals surface area contributed by atoms with Crippen LogP contribution in [0, 0.1) is 0 Å². The minimum Gasteiger partial charge on any atom is -0.493 e. The average molecular weight is 474 g/mol. The molecule has 1 aliphatic rings. The monoisotopic (exact) mass is 473 g/mol. The molecule has 1 aromatic heterocycles. The fourth-order valence-corrected chi connectivity index (χ4v) is 3.86. The second-order valence-electron chi connectivity index (χ2n) is 7.38. The third-order valence-electron chi connectivity index (χ3n) is 5.30. The molecule has 0 radical (unpaired) electrons. The Kier molecular flexibility index (Phi) is 7.93. The van der Waals surface area contributed by atoms with E-state index in [-0.39, 0.29) is 0 Å². The Morgan fingerprint density at radius 2 is 1.73 bits per heavy atom. The smallest absolute Gasteiger partial charge is 0.161 e. The second kappa shape index (κ2) is 11.3. The molecular formula is C24H28ClN3O5. The fraction of sp³-hybridized carbons (Fsp3) is 0.375. The van der Waals surface area contributed by atoms with Gasteiger partial charge in [-0.15, -0.1) is 11.6 Å². The van der Waals surface area contributed by atoms with Gasteiger partial charge < -0.3 is 29.0 Å². The molecule has 0 saturated carbocycles. The Balaban J connectivity index is 1.35. The van der Waals surface area contributed by atoms with E-state index in [0.717, 1.165) is 46.2 Å². The number of fused-ring (bicyclic) bond motifs is 3. The van der Waals surface area contributed by atoms with Gasteiger partial charge in [0.1, 0.15) is 12.4 Å². The normalized spacial score (nSPS) is 11.7. The van der Waals surface area contributed by atoms with Crippen LogP contribution in [-0.4, -0.2) is 63.3 Å². The zero-order chi connectivity index (χ0) is 23.0. The quantitative estimate of drug-likeness (QED) is 0.220. The largest absolute Gasteiger partial charge is 0.493 e. The first-order valence-electron chi connectivity index (χ1n) is 10.8. The van der Waals surface area contributed by atoms with Gasteiger partial charge in [-0.3, -0.25) is 5.10 Å². The number of aromatic amines is 1. The van der Waals surface area contributed by atoms with Crippen LogP contribution >= 0.6 is 11.6 Å². The van der Waals surface area contributed by atoms with Gasteiger partial charge in [-0.25, -0.2) is 0 Å². The van der Waals surface area contributed by atoms with Gasteiger partial charge in [-0.05, 0) is 29.8 Å². The minimum absolute atomic E-state index is 0.454. The van der Waals surface area contributed by atoms with E-state index in [1.807, 2.05) is 36.4 Å². The Bertz CT molecular complexity index is 1070. The number of nitrogens with zero attached hydrogens (tertiary/aromatic N) is 1. The molecule has 2 N–H and O–H groups in total. The number of nitrogens with one attached hydrogen (secondary N) is 2. The Hall–Kier alpha value is -2.94. The molecule has 0 bridgehead atoms. The van der Waals surface area contributed by atoms with E-state index in [0.29, 0.717) is 44.7 Å². The second-order valence-corrected chi connectivity index (χ2v) is 7.76. The van der Waals surface area contributed by atoms with Gasteiger partial charge in [0.2, 0.25) is 0 Å². The molecule has 33 heavy (non-hydrogen) atoms. The number of anilines is 2. The molecule has 9 heteroatoms. The Morgan fingerprint density at radius 1 is 0.970 bits per heavy atom. The van der Waals surface area contributed by atoms with Crippen LogP contribution in [0.1, 0.15) is 11.1 Å². The molecule has 0 fully saturated rings. The molecule has 8 nitrogen and oxygen atoms in total. The summed E-state index contributed by atoms with van der Waals surface area (Å²) in [5, 5.41) is 11.0. The molecule has 0 spiro atoms. The molecule has 3 aromatic rings. The van der Waals surface area contributed by atoms with Crippen molar-refractivity contribution in [2.45, 2.75) is 6.42 Å². The molecule has 176 valence electrons. The Morgan fingerprint density at radius 3 is 2.52 bits per heavy atom. The van der Waals surface area contributed by atoms with Gasteiger partial charge in [0.15, 0.2) is 17.3 Å². The van der Waals surface area contributed by atoms with Gasteiger partial charge in [0.25, 0.3) is 0 Å². The van der Waals surface area contributed by atoms with Crippen LogP contribution in [0.3, 0.4) is 0 Å². The summed E-state index contributed by atoms with van der Waals surface area (Å²) in [4.78, 5) is 0. The van der Waals surface area contributed by atoms with Crippen LogP contribution in [-0.2, 0) is 15.9 Å². The van der Waals surface area contributed by atoms with Crippen molar-refractivity contribution in [1.29, 1.82) is 0 Å². The zero-order valence-corrected chi connectivity index (χ0v) is 19.5. The maximum atomic E-state index is 5.80. The molecule has 0 aliphatic heterocycles. The van der Waals surface area contributed by atoms with Crippen LogP contribution in [0.2, 0.25) is 0 Å². The average Bonchev–Trinajstić information content (AvgIpc) is 3.39. The lowest BCUT2D eigenvalue weighted by Crippen LogP contribution is -2.11. The van der Waals surface area contributed by atoms with Crippen molar-refractivity contribution >= 4 is 23.1 Å². The molecule has 1 heterocycles. The van der Waals surface area contributed by atoms with Crippen molar-refractivity contribution in [3.05, 3.63) is 47.5 Å². The summed E-state index contributed by atoms with van der Waals surface area (Å²) in [7, 11) is 3.28. The molecule has 4 rings (SSSR count). The number of benzene rings is 2. The summed E-state index contributed by atoms with van der Waals surface area (Å²) in [5.74, 6) is 3.46. The highest BCUT2D eigenvalue weighted by molar-refractivity contribution is 6.17. The highest BCUT2D eigenvalue weighted by atomic mass is 35.5. The Labute approximate surface area is 198 Å². The van der Waals surface area contributed by atoms with Crippen molar-refractivity contribution < 1.29 is 23.7 Å². The number of halogens is 1. The number of alkyl halides is 1. The van der Waals surface area contributed by atoms with Gasteiger partial charge in [-0.1, -0.05) is 6.07 Å². The summed E-state index contributed by atoms with van der Waals surface area (Å²) in [5.41, 5.74) is 5.24. The summed E-state index contributed by atoms with van der Waals surface area (Å²) in [6.45, 7) is 2.53. The molecule has 1 aliphatic carbocycles. The molecule has 0 unspecified atom stereocenters. The lowest BCUT2D eigenvalue weighted by atomic mass is 10.1. The number of aromatic nitrogens is 2. The number of hydrogen-bond donors (Lipinski definition) is 2. The lowest BCUT2D eigenvalue weighted by molar-refractivity contribution is 0.0410. The number of H-pyrrole nitrogens is 1. The van der Waals surface area contributed by atoms with Gasteiger partial charge in [0, 0.05) is 35.2 Å². The molecule has 0 saturated heterocycles. The van der Waals surface area contributed by atoms with Gasteiger partial charge in [0.05, 0.1) is 46.3 Å². The first-order chi connectivity index (χ1) is 16.2. The first kappa shape index (κ1) is 23.2. The number of hydrogen-bond acceptors (Lipinski definition) is 7. The van der Waals surface area contributed by atoms with Gasteiger partial charge >= 0.3 is 0 Å². The molecule has 0 amide bonds. The molecular weight excluding hydrogens is 446 g/mol. The van der Waals surface area contributed by atoms with E-state index in [1.165, 1.54) is 5.56 Å². The minimum atomic E-state index is 0.454. The zero-order valence-electron chi connectivity index (χ0n) is 18.8. The van der Waals surface area contributed by atoms with E-state index in [4.69, 9.17) is 35.3 Å². The summed E-state index contributed by atoms with van der Waals surface area (Å²) in [6.07, 6.45) is 0.756. The van der Waals surface area contributed by atoms with E-state index >= 15 is 0 Å². The van der Waals surface area contributed by atoms with E-state index in [1.54, 1.807) is 14.2 Å². The highest BCUT2D eigenvalue weighted by Gasteiger charge is 2.26. The number of rotatable bonds is 13. The van der Waals surface area contributed by atoms with Crippen molar-refractivity contribution in [2.24, 2.45) is 0 Å². The van der Waals surface area contributed by atoms with E-state index in [9.17, 15) is 0 Å². The van der Waals surface area contributed by atoms with E-state index < -0.39 is 0 Å². The third-order valence-corrected chi connectivity index (χ3v) is 5.45. The van der Waals surface area contributed by atoms with Crippen LogP contribution in [0.5, 0.6) is 17.2 Å². The standard InChI is InChI=1S/C24H28ClN3O5/c1-29-21-13-16-12-20-23(19(16)15-22(21)30-2)27-28-24(20)26-17-4-3-5-18(14-17)33-11-10-32-9-8-31-7-6-25/h3-5,13-15H,6-12H2,1-2H3,(H2,26,27,28). The number of methoxy groups -OCH3 is 2. The third kappa shape index (κ3) is 5.52. The molecule has 2 aromatic carbocycles. The fourth-order valence-electron chi connectivity index (χ4n) is 3.75. The van der Waals surface area contributed by atoms with Crippen molar-refractivity contribution in [3.63, 3.8) is 0 Å². The van der Waals surface area contributed by atoms with Crippen LogP contribution < -0.4 is 19.5 Å². The lowest BCUT2D eigenvalue weighted by Gasteiger charge is -2.10. The summed E-state index contributed by atoms with van der Waals surface area (Å²) in [6, 6.07) is 11.8. The number of ether oxygens (including phenoxy) is 5. The van der Waals surface area contributed by atoms with Crippen molar-refractivity contribution in [3.8, 4) is 28.5 Å². The summed E-state index contributed by atoms with van der Waals surface area (Å²) >= 11 is 5.55. The first-order valence-corrected chi connectivity index (χ1v) is 11.3. The maximum Gasteiger partial charge on any atom is 0.161 e. The van der Waals surface area contributed by atoms with E-state index in [2.05, 4.69) is 15.5 Å². The predicted molar refractivity (Wildman–Crippen MR) is 128 cm³/mol. The van der Waals surface area contributed by atoms with Crippen molar-refractivity contribution in [1.82, 2.24) is 10.2 Å². The van der Waals surface area contributed by atoms with Crippen LogP contribution in [0.25, 0.3) is 11.3 Å². The SMILES string of the molecule is COc1cc2c(cc1OC)-c1[nH]nc(Nc3cccc(OCCOCCOCCCl)c3)c1C2. The highest BCUT2D eigenvalue weighted by Crippen LogP contribution is 2.44. The topological polar surface area (TPSA) is 86.9 Å². The van der Waals surface area contributed by atoms with Crippen molar-refractivity contribution in [2.75, 3.05) is 58.5 Å². The maximum absolute atomic E-state index is 5.80. The summed E-state index contributed by atoms with van der Waals surface area (Å²) < 4.78 is 27.5. The predicted octanol–water partition coefficient (Wildman–Crippen LogP) is 4.39. The van der Waals surface area contributed by atoms with Crippen LogP contribution in [0.4, 0.5) is 11.5 Å². The van der Waals surface area contributed by atoms with Gasteiger partial charge in [-0.2, -0.15) is 5.10 Å². The molecule has 0 atom stereocenters. The van der Waals surface area contributed by atoms with Crippen LogP contribution in [0.15, 0.2) is 36.4 Å².